The van der Waals surface area contributed by atoms with Crippen LogP contribution < -0.4 is 16.8 Å². The Balaban J connectivity index is 0.00000450. The predicted octanol–water partition coefficient (Wildman–Crippen LogP) is 2.23. The van der Waals surface area contributed by atoms with E-state index in [-0.39, 0.29) is 24.3 Å². The van der Waals surface area contributed by atoms with E-state index in [0.29, 0.717) is 30.5 Å². The number of aromatic amines is 1. The number of H-pyrrole nitrogens is 1. The molecular weight excluding hydrogens is 422 g/mol. The summed E-state index contributed by atoms with van der Waals surface area (Å²) in [4.78, 5) is 16.7. The molecule has 0 saturated heterocycles. The second-order valence-electron chi connectivity index (χ2n) is 5.81. The lowest BCUT2D eigenvalue weighted by molar-refractivity contribution is 0.604. The lowest BCUT2D eigenvalue weighted by Crippen LogP contribution is -2.35. The Morgan fingerprint density at radius 1 is 1.37 bits per heavy atom. The molecule has 1 aromatic heterocycles. The van der Waals surface area contributed by atoms with Crippen molar-refractivity contribution < 1.29 is 0 Å². The number of halogens is 1. The summed E-state index contributed by atoms with van der Waals surface area (Å²) >= 11 is 1.65. The molecule has 0 aliphatic heterocycles. The first-order valence-electron chi connectivity index (χ1n) is 8.92. The summed E-state index contributed by atoms with van der Waals surface area (Å²) in [7, 11) is 1.59. The number of nitrogens with two attached hydrogens (primary N) is 2. The molecule has 0 radical (unpaired) electrons. The molecule has 0 aliphatic carbocycles. The molecule has 9 nitrogen and oxygen atoms in total. The number of guanidine groups is 2. The second-order valence-corrected chi connectivity index (χ2v) is 6.91. The van der Waals surface area contributed by atoms with Crippen LogP contribution in [0.3, 0.4) is 0 Å². The Kier molecular flexibility index (Phi) is 11.5. The molecule has 0 aliphatic rings. The molecule has 0 fully saturated rings. The quantitative estimate of drug-likeness (QED) is 0.151. The van der Waals surface area contributed by atoms with E-state index in [1.165, 1.54) is 4.90 Å². The minimum Gasteiger partial charge on any atom is -0.370 e. The molecule has 1 heterocycles. The topological polar surface area (TPSA) is 144 Å². The Labute approximate surface area is 186 Å². The average Bonchev–Trinajstić information content (AvgIpc) is 3.18. The fourth-order valence-electron chi connectivity index (χ4n) is 2.21. The highest BCUT2D eigenvalue weighted by Crippen LogP contribution is 2.12. The van der Waals surface area contributed by atoms with Gasteiger partial charge in [-0.25, -0.2) is 14.9 Å². The highest BCUT2D eigenvalue weighted by atomic mass is 35.5. The molecule has 1 aromatic carbocycles. The van der Waals surface area contributed by atoms with Gasteiger partial charge in [-0.3, -0.25) is 10.3 Å². The lowest BCUT2D eigenvalue weighted by Gasteiger charge is -2.13. The minimum absolute atomic E-state index is 0. The fraction of sp³-hybridized carbons (Fsp3) is 0.263. The maximum Gasteiger partial charge on any atom is 0.207 e. The predicted molar refractivity (Wildman–Crippen MR) is 127 cm³/mol. The molecule has 0 unspecified atom stereocenters. The zero-order valence-corrected chi connectivity index (χ0v) is 18.3. The molecule has 11 heteroatoms. The largest absolute Gasteiger partial charge is 0.370 e. The Bertz CT molecular complexity index is 887. The van der Waals surface area contributed by atoms with E-state index in [4.69, 9.17) is 11.5 Å². The van der Waals surface area contributed by atoms with Crippen molar-refractivity contribution in [3.05, 3.63) is 53.9 Å². The number of aromatic nitrogens is 2. The summed E-state index contributed by atoms with van der Waals surface area (Å²) in [5, 5.41) is 12.1. The number of hydrogen-bond donors (Lipinski definition) is 4. The molecule has 0 atom stereocenters. The first kappa shape index (κ1) is 24.9. The smallest absolute Gasteiger partial charge is 0.207 e. The van der Waals surface area contributed by atoms with E-state index in [1.807, 2.05) is 42.5 Å². The van der Waals surface area contributed by atoms with Crippen LogP contribution in [0.25, 0.3) is 6.08 Å². The maximum atomic E-state index is 9.30. The van der Waals surface area contributed by atoms with Crippen LogP contribution in [0.2, 0.25) is 0 Å². The lowest BCUT2D eigenvalue weighted by atomic mass is 10.2. The number of anilines is 1. The number of nitrogens with one attached hydrogen (secondary N) is 2. The maximum absolute atomic E-state index is 9.30. The van der Waals surface area contributed by atoms with E-state index < -0.39 is 0 Å². The van der Waals surface area contributed by atoms with Crippen LogP contribution in [-0.2, 0) is 5.75 Å². The summed E-state index contributed by atoms with van der Waals surface area (Å²) in [6.45, 7) is 0.897. The van der Waals surface area contributed by atoms with Crippen LogP contribution in [-0.4, -0.2) is 52.7 Å². The first-order valence-corrected chi connectivity index (χ1v) is 10.1. The summed E-state index contributed by atoms with van der Waals surface area (Å²) in [5.74, 6) is 2.48. The number of nitriles is 1. The van der Waals surface area contributed by atoms with Crippen LogP contribution in [0.5, 0.6) is 0 Å². The van der Waals surface area contributed by atoms with Gasteiger partial charge in [-0.15, -0.1) is 12.4 Å². The molecular formula is C19H26ClN9S. The van der Waals surface area contributed by atoms with Crippen molar-refractivity contribution in [3.8, 4) is 6.19 Å². The Morgan fingerprint density at radius 3 is 2.83 bits per heavy atom. The molecule has 160 valence electrons. The van der Waals surface area contributed by atoms with Crippen molar-refractivity contribution in [1.82, 2.24) is 14.9 Å². The molecule has 2 rings (SSSR count). The number of thioether (sulfide) groups is 1. The molecule has 30 heavy (non-hydrogen) atoms. The zero-order valence-electron chi connectivity index (χ0n) is 16.7. The van der Waals surface area contributed by atoms with Gasteiger partial charge in [0.1, 0.15) is 0 Å². The molecule has 2 aromatic rings. The van der Waals surface area contributed by atoms with Crippen molar-refractivity contribution in [2.75, 3.05) is 31.2 Å². The van der Waals surface area contributed by atoms with Gasteiger partial charge in [-0.1, -0.05) is 42.5 Å². The molecule has 0 saturated carbocycles. The third kappa shape index (κ3) is 8.89. The summed E-state index contributed by atoms with van der Waals surface area (Å²) in [6.07, 6.45) is 7.68. The SMILES string of the molecule is CN=C(N)Nc1ncc(CSCCN(C#N)C(N)=NCC=Cc2ccccc2)[nH]1.Cl. The molecule has 0 amide bonds. The van der Waals surface area contributed by atoms with E-state index in [1.54, 1.807) is 25.0 Å². The van der Waals surface area contributed by atoms with Gasteiger partial charge in [-0.2, -0.15) is 17.0 Å². The van der Waals surface area contributed by atoms with Crippen LogP contribution in [0.1, 0.15) is 11.3 Å². The number of hydrogen-bond acceptors (Lipinski definition) is 5. The molecule has 0 bridgehead atoms. The molecule has 6 N–H and O–H groups in total. The summed E-state index contributed by atoms with van der Waals surface area (Å²) < 4.78 is 0. The third-order valence-corrected chi connectivity index (χ3v) is 4.68. The number of nitrogens with zero attached hydrogens (tertiary/aromatic N) is 5. The van der Waals surface area contributed by atoms with Gasteiger partial charge in [0.2, 0.25) is 11.9 Å². The monoisotopic (exact) mass is 447 g/mol. The second kappa shape index (κ2) is 13.9. The average molecular weight is 448 g/mol. The van der Waals surface area contributed by atoms with E-state index in [2.05, 4.69) is 31.5 Å². The van der Waals surface area contributed by atoms with Crippen LogP contribution in [0.15, 0.2) is 52.6 Å². The third-order valence-electron chi connectivity index (χ3n) is 3.70. The van der Waals surface area contributed by atoms with Gasteiger partial charge in [0.05, 0.1) is 12.7 Å². The Hall–Kier alpha value is -3.16. The van der Waals surface area contributed by atoms with Gasteiger partial charge in [0.15, 0.2) is 12.2 Å². The van der Waals surface area contributed by atoms with Gasteiger partial charge < -0.3 is 16.5 Å². The summed E-state index contributed by atoms with van der Waals surface area (Å²) in [6, 6.07) is 9.93. The first-order chi connectivity index (χ1) is 14.1. The van der Waals surface area contributed by atoms with Crippen molar-refractivity contribution in [3.63, 3.8) is 0 Å². The van der Waals surface area contributed by atoms with Gasteiger partial charge in [0, 0.05) is 30.8 Å². The highest BCUT2D eigenvalue weighted by Gasteiger charge is 2.07. The number of imidazole rings is 1. The van der Waals surface area contributed by atoms with Crippen LogP contribution in [0.4, 0.5) is 5.95 Å². The molecule has 0 spiro atoms. The van der Waals surface area contributed by atoms with Crippen LogP contribution >= 0.6 is 24.2 Å². The van der Waals surface area contributed by atoms with Crippen molar-refractivity contribution in [1.29, 1.82) is 5.26 Å². The van der Waals surface area contributed by atoms with E-state index in [0.717, 1.165) is 11.3 Å². The minimum atomic E-state index is 0. The van der Waals surface area contributed by atoms with Gasteiger partial charge >= 0.3 is 0 Å². The van der Waals surface area contributed by atoms with E-state index in [9.17, 15) is 5.26 Å². The normalized spacial score (nSPS) is 11.7. The summed E-state index contributed by atoms with van der Waals surface area (Å²) in [5.41, 5.74) is 13.6. The zero-order chi connectivity index (χ0) is 20.9. The Morgan fingerprint density at radius 2 is 2.13 bits per heavy atom. The number of aliphatic imine (C=N–C) groups is 2. The standard InChI is InChI=1S/C19H25N9S.ClH/c1-23-17(21)27-19-25-12-16(26-19)13-29-11-10-28(14-20)18(22)24-9-5-8-15-6-3-2-4-7-15;/h2-8,12H,9-11,13H2,1H3,(H2,22,24)(H4,21,23,25,26,27);1H. The van der Waals surface area contributed by atoms with Gasteiger partial charge in [0.25, 0.3) is 0 Å². The van der Waals surface area contributed by atoms with Crippen molar-refractivity contribution in [2.45, 2.75) is 5.75 Å². The van der Waals surface area contributed by atoms with Crippen molar-refractivity contribution in [2.24, 2.45) is 21.5 Å². The van der Waals surface area contributed by atoms with E-state index >= 15 is 0 Å². The van der Waals surface area contributed by atoms with Gasteiger partial charge in [-0.05, 0) is 5.56 Å². The highest BCUT2D eigenvalue weighted by molar-refractivity contribution is 7.98. The fourth-order valence-corrected chi connectivity index (χ4v) is 3.03. The number of benzene rings is 1. The number of rotatable bonds is 9. The van der Waals surface area contributed by atoms with Crippen molar-refractivity contribution >= 4 is 48.1 Å². The van der Waals surface area contributed by atoms with Crippen LogP contribution in [0, 0.1) is 11.5 Å².